The van der Waals surface area contributed by atoms with Crippen LogP contribution in [0.3, 0.4) is 0 Å². The van der Waals surface area contributed by atoms with Gasteiger partial charge < -0.3 is 5.32 Å². The third-order valence-electron chi connectivity index (χ3n) is 3.16. The van der Waals surface area contributed by atoms with Crippen LogP contribution < -0.4 is 5.32 Å². The Kier molecular flexibility index (Phi) is 4.54. The molecule has 0 aliphatic carbocycles. The Morgan fingerprint density at radius 3 is 2.78 bits per heavy atom. The van der Waals surface area contributed by atoms with Crippen molar-refractivity contribution in [2.24, 2.45) is 0 Å². The summed E-state index contributed by atoms with van der Waals surface area (Å²) in [6, 6.07) is 5.27. The Morgan fingerprint density at radius 1 is 1.33 bits per heavy atom. The summed E-state index contributed by atoms with van der Waals surface area (Å²) in [5.74, 6) is 0.317. The third kappa shape index (κ3) is 3.38. The van der Waals surface area contributed by atoms with Gasteiger partial charge in [0.25, 0.3) is 0 Å². The normalized spacial score (nSPS) is 22.2. The minimum absolute atomic E-state index is 0.254. The summed E-state index contributed by atoms with van der Waals surface area (Å²) in [4.78, 5) is 0. The van der Waals surface area contributed by atoms with Crippen LogP contribution in [0.15, 0.2) is 18.2 Å². The zero-order valence-electron chi connectivity index (χ0n) is 9.83. The Labute approximate surface area is 117 Å². The molecule has 1 heterocycles. The van der Waals surface area contributed by atoms with Crippen molar-refractivity contribution in [3.05, 3.63) is 33.8 Å². The molecule has 0 amide bonds. The molecule has 2 rings (SSSR count). The van der Waals surface area contributed by atoms with Crippen LogP contribution in [0.5, 0.6) is 0 Å². The SMILES string of the molecule is O=S1(=O)CCCC1CNCc1cc(Cl)ccc1Cl. The fourth-order valence-electron chi connectivity index (χ4n) is 2.13. The number of hydrogen-bond donors (Lipinski definition) is 1. The topological polar surface area (TPSA) is 46.2 Å². The second kappa shape index (κ2) is 5.78. The summed E-state index contributed by atoms with van der Waals surface area (Å²) in [6.07, 6.45) is 1.52. The second-order valence-corrected chi connectivity index (χ2v) is 7.74. The van der Waals surface area contributed by atoms with Gasteiger partial charge in [-0.25, -0.2) is 8.42 Å². The molecule has 18 heavy (non-hydrogen) atoms. The van der Waals surface area contributed by atoms with Crippen LogP contribution in [-0.4, -0.2) is 26.0 Å². The molecule has 0 saturated carbocycles. The molecule has 0 radical (unpaired) electrons. The summed E-state index contributed by atoms with van der Waals surface area (Å²) in [5.41, 5.74) is 0.888. The molecule has 0 bridgehead atoms. The average Bonchev–Trinajstić information content (AvgIpc) is 2.63. The van der Waals surface area contributed by atoms with E-state index in [1.54, 1.807) is 18.2 Å². The van der Waals surface area contributed by atoms with Crippen molar-refractivity contribution in [3.8, 4) is 0 Å². The van der Waals surface area contributed by atoms with E-state index in [1.807, 2.05) is 0 Å². The van der Waals surface area contributed by atoms with E-state index in [4.69, 9.17) is 23.2 Å². The highest BCUT2D eigenvalue weighted by Gasteiger charge is 2.30. The van der Waals surface area contributed by atoms with Gasteiger partial charge in [0.15, 0.2) is 9.84 Å². The lowest BCUT2D eigenvalue weighted by molar-refractivity contribution is 0.574. The molecule has 0 spiro atoms. The maximum atomic E-state index is 11.6. The van der Waals surface area contributed by atoms with Gasteiger partial charge in [-0.05, 0) is 36.6 Å². The first kappa shape index (κ1) is 14.1. The van der Waals surface area contributed by atoms with E-state index >= 15 is 0 Å². The Bertz CT molecular complexity index is 531. The number of rotatable bonds is 4. The van der Waals surface area contributed by atoms with Crippen LogP contribution in [0.4, 0.5) is 0 Å². The Hall–Kier alpha value is -0.290. The van der Waals surface area contributed by atoms with Crippen molar-refractivity contribution in [1.82, 2.24) is 5.32 Å². The van der Waals surface area contributed by atoms with Crippen LogP contribution in [0.1, 0.15) is 18.4 Å². The average molecular weight is 308 g/mol. The van der Waals surface area contributed by atoms with E-state index in [2.05, 4.69) is 5.32 Å². The van der Waals surface area contributed by atoms with Crippen molar-refractivity contribution in [2.45, 2.75) is 24.6 Å². The monoisotopic (exact) mass is 307 g/mol. The van der Waals surface area contributed by atoms with Crippen LogP contribution >= 0.6 is 23.2 Å². The predicted octanol–water partition coefficient (Wildman–Crippen LogP) is 2.66. The first-order valence-electron chi connectivity index (χ1n) is 5.85. The molecule has 1 saturated heterocycles. The minimum Gasteiger partial charge on any atom is -0.311 e. The quantitative estimate of drug-likeness (QED) is 0.930. The Balaban J connectivity index is 1.91. The molecule has 1 unspecified atom stereocenters. The van der Waals surface area contributed by atoms with Gasteiger partial charge in [-0.15, -0.1) is 0 Å². The fourth-order valence-corrected chi connectivity index (χ4v) is 4.31. The molecule has 100 valence electrons. The van der Waals surface area contributed by atoms with Crippen LogP contribution in [0.25, 0.3) is 0 Å². The molecule has 1 aromatic carbocycles. The van der Waals surface area contributed by atoms with E-state index in [0.29, 0.717) is 28.9 Å². The molecule has 1 fully saturated rings. The smallest absolute Gasteiger partial charge is 0.154 e. The summed E-state index contributed by atoms with van der Waals surface area (Å²) in [7, 11) is -2.88. The van der Waals surface area contributed by atoms with Gasteiger partial charge in [-0.1, -0.05) is 23.2 Å². The van der Waals surface area contributed by atoms with Gasteiger partial charge in [0.2, 0.25) is 0 Å². The first-order chi connectivity index (χ1) is 8.49. The van der Waals surface area contributed by atoms with Gasteiger partial charge in [-0.3, -0.25) is 0 Å². The molecule has 1 aromatic rings. The van der Waals surface area contributed by atoms with Gasteiger partial charge >= 0.3 is 0 Å². The van der Waals surface area contributed by atoms with Crippen LogP contribution in [-0.2, 0) is 16.4 Å². The lowest BCUT2D eigenvalue weighted by Crippen LogP contribution is -2.30. The van der Waals surface area contributed by atoms with E-state index in [-0.39, 0.29) is 5.25 Å². The maximum absolute atomic E-state index is 11.6. The minimum atomic E-state index is -2.88. The van der Waals surface area contributed by atoms with Crippen molar-refractivity contribution < 1.29 is 8.42 Å². The zero-order valence-corrected chi connectivity index (χ0v) is 12.2. The summed E-state index contributed by atoms with van der Waals surface area (Å²) >= 11 is 11.9. The summed E-state index contributed by atoms with van der Waals surface area (Å²) in [5, 5.41) is 4.16. The van der Waals surface area contributed by atoms with Gasteiger partial charge in [0.05, 0.1) is 11.0 Å². The predicted molar refractivity (Wildman–Crippen MR) is 75.0 cm³/mol. The van der Waals surface area contributed by atoms with Gasteiger partial charge in [0, 0.05) is 23.1 Å². The number of hydrogen-bond acceptors (Lipinski definition) is 3. The van der Waals surface area contributed by atoms with Crippen LogP contribution in [0, 0.1) is 0 Å². The number of benzene rings is 1. The molecule has 1 atom stereocenters. The summed E-state index contributed by atoms with van der Waals surface area (Å²) in [6.45, 7) is 1.01. The van der Waals surface area contributed by atoms with Gasteiger partial charge in [-0.2, -0.15) is 0 Å². The van der Waals surface area contributed by atoms with Gasteiger partial charge in [0.1, 0.15) is 0 Å². The van der Waals surface area contributed by atoms with E-state index < -0.39 is 9.84 Å². The third-order valence-corrected chi connectivity index (χ3v) is 6.04. The lowest BCUT2D eigenvalue weighted by atomic mass is 10.2. The largest absolute Gasteiger partial charge is 0.311 e. The molecule has 1 aliphatic heterocycles. The molecule has 0 aromatic heterocycles. The highest BCUT2D eigenvalue weighted by Crippen LogP contribution is 2.21. The Morgan fingerprint density at radius 2 is 2.11 bits per heavy atom. The van der Waals surface area contributed by atoms with Crippen molar-refractivity contribution in [1.29, 1.82) is 0 Å². The molecule has 3 nitrogen and oxygen atoms in total. The van der Waals surface area contributed by atoms with Crippen LogP contribution in [0.2, 0.25) is 10.0 Å². The molecular formula is C12H15Cl2NO2S. The second-order valence-electron chi connectivity index (χ2n) is 4.50. The lowest BCUT2D eigenvalue weighted by Gasteiger charge is -2.11. The van der Waals surface area contributed by atoms with E-state index in [1.165, 1.54) is 0 Å². The van der Waals surface area contributed by atoms with Crippen molar-refractivity contribution >= 4 is 33.0 Å². The fraction of sp³-hybridized carbons (Fsp3) is 0.500. The molecule has 1 aliphatic rings. The molecule has 1 N–H and O–H groups in total. The standard InChI is InChI=1S/C12H15Cl2NO2S/c13-10-3-4-12(14)9(6-10)7-15-8-11-2-1-5-18(11,16)17/h3-4,6,11,15H,1-2,5,7-8H2. The molecule has 6 heteroatoms. The number of sulfone groups is 1. The first-order valence-corrected chi connectivity index (χ1v) is 8.32. The van der Waals surface area contributed by atoms with Crippen molar-refractivity contribution in [2.75, 3.05) is 12.3 Å². The zero-order chi connectivity index (χ0) is 13.2. The highest BCUT2D eigenvalue weighted by atomic mass is 35.5. The summed E-state index contributed by atoms with van der Waals surface area (Å²) < 4.78 is 23.3. The number of nitrogens with one attached hydrogen (secondary N) is 1. The van der Waals surface area contributed by atoms with Crippen molar-refractivity contribution in [3.63, 3.8) is 0 Å². The maximum Gasteiger partial charge on any atom is 0.154 e. The molecular weight excluding hydrogens is 293 g/mol. The highest BCUT2D eigenvalue weighted by molar-refractivity contribution is 7.92. The van der Waals surface area contributed by atoms with E-state index in [9.17, 15) is 8.42 Å². The van der Waals surface area contributed by atoms with E-state index in [0.717, 1.165) is 18.4 Å². The number of halogens is 2.